The lowest BCUT2D eigenvalue weighted by molar-refractivity contribution is -0.384. The fourth-order valence-electron chi connectivity index (χ4n) is 3.42. The molecule has 0 saturated carbocycles. The maximum Gasteiger partial charge on any atom is 0.269 e. The van der Waals surface area contributed by atoms with Gasteiger partial charge in [0.15, 0.2) is 0 Å². The number of hydrogen-bond donors (Lipinski definition) is 0. The highest BCUT2D eigenvalue weighted by atomic mass is 16.6. The number of nitro groups is 1. The first-order chi connectivity index (χ1) is 15.1. The van der Waals surface area contributed by atoms with Crippen LogP contribution in [-0.2, 0) is 17.9 Å². The summed E-state index contributed by atoms with van der Waals surface area (Å²) in [6.45, 7) is 3.24. The summed E-state index contributed by atoms with van der Waals surface area (Å²) in [5.41, 5.74) is 2.91. The molecule has 0 spiro atoms. The van der Waals surface area contributed by atoms with Gasteiger partial charge in [-0.3, -0.25) is 10.1 Å². The van der Waals surface area contributed by atoms with Crippen molar-refractivity contribution in [3.8, 4) is 5.75 Å². The van der Waals surface area contributed by atoms with E-state index in [9.17, 15) is 10.1 Å². The number of hydrogen-bond acceptors (Lipinski definition) is 5. The summed E-state index contributed by atoms with van der Waals surface area (Å²) in [4.78, 5) is 15.1. The van der Waals surface area contributed by atoms with E-state index >= 15 is 0 Å². The largest absolute Gasteiger partial charge is 0.491 e. The normalized spacial score (nSPS) is 12.0. The van der Waals surface area contributed by atoms with Gasteiger partial charge in [0.25, 0.3) is 5.69 Å². The first kappa shape index (κ1) is 20.6. The van der Waals surface area contributed by atoms with E-state index in [1.807, 2.05) is 61.5 Å². The summed E-state index contributed by atoms with van der Waals surface area (Å²) in [5, 5.41) is 10.9. The molecule has 1 unspecified atom stereocenters. The van der Waals surface area contributed by atoms with Gasteiger partial charge in [0.2, 0.25) is 0 Å². The van der Waals surface area contributed by atoms with E-state index in [0.717, 1.165) is 28.2 Å². The third kappa shape index (κ3) is 5.07. The molecule has 0 aliphatic heterocycles. The standard InChI is InChI=1S/C24H23N3O4/c1-18-25-23-9-5-6-10-24(23)26(18)15-22(17-31-21-7-3-2-4-8-21)30-16-19-11-13-20(14-12-19)27(28)29/h2-14,22H,15-17H2,1H3. The summed E-state index contributed by atoms with van der Waals surface area (Å²) in [5.74, 6) is 1.68. The van der Waals surface area contributed by atoms with Gasteiger partial charge in [0.05, 0.1) is 29.1 Å². The molecule has 0 N–H and O–H groups in total. The van der Waals surface area contributed by atoms with Gasteiger partial charge >= 0.3 is 0 Å². The molecule has 0 amide bonds. The van der Waals surface area contributed by atoms with Crippen LogP contribution >= 0.6 is 0 Å². The fourth-order valence-corrected chi connectivity index (χ4v) is 3.42. The Kier molecular flexibility index (Phi) is 6.24. The van der Waals surface area contributed by atoms with Gasteiger partial charge in [0.1, 0.15) is 24.3 Å². The molecule has 31 heavy (non-hydrogen) atoms. The van der Waals surface area contributed by atoms with Crippen molar-refractivity contribution in [1.82, 2.24) is 9.55 Å². The van der Waals surface area contributed by atoms with Crippen molar-refractivity contribution in [2.75, 3.05) is 6.61 Å². The molecule has 0 fully saturated rings. The monoisotopic (exact) mass is 417 g/mol. The van der Waals surface area contributed by atoms with Gasteiger partial charge in [-0.1, -0.05) is 30.3 Å². The lowest BCUT2D eigenvalue weighted by atomic mass is 10.2. The lowest BCUT2D eigenvalue weighted by Gasteiger charge is -2.20. The van der Waals surface area contributed by atoms with Crippen LogP contribution in [0.1, 0.15) is 11.4 Å². The molecule has 4 aromatic rings. The summed E-state index contributed by atoms with van der Waals surface area (Å²) in [7, 11) is 0. The van der Waals surface area contributed by atoms with E-state index < -0.39 is 4.92 Å². The minimum Gasteiger partial charge on any atom is -0.491 e. The molecular formula is C24H23N3O4. The van der Waals surface area contributed by atoms with Crippen LogP contribution in [0.2, 0.25) is 0 Å². The first-order valence-corrected chi connectivity index (χ1v) is 10.0. The molecule has 0 radical (unpaired) electrons. The molecule has 0 bridgehead atoms. The van der Waals surface area contributed by atoms with Crippen LogP contribution < -0.4 is 4.74 Å². The van der Waals surface area contributed by atoms with E-state index in [1.54, 1.807) is 12.1 Å². The van der Waals surface area contributed by atoms with Gasteiger partial charge in [-0.25, -0.2) is 4.98 Å². The number of benzene rings is 3. The first-order valence-electron chi connectivity index (χ1n) is 10.0. The summed E-state index contributed by atoms with van der Waals surface area (Å²) in [6, 6.07) is 24.0. The molecule has 0 aliphatic carbocycles. The SMILES string of the molecule is Cc1nc2ccccc2n1CC(COc1ccccc1)OCc1ccc([N+](=O)[O-])cc1. The Morgan fingerprint density at radius 3 is 2.45 bits per heavy atom. The number of aromatic nitrogens is 2. The van der Waals surface area contributed by atoms with Crippen molar-refractivity contribution in [3.05, 3.63) is 100 Å². The summed E-state index contributed by atoms with van der Waals surface area (Å²) in [6.07, 6.45) is -0.244. The predicted octanol–water partition coefficient (Wildman–Crippen LogP) is 4.92. The van der Waals surface area contributed by atoms with Gasteiger partial charge < -0.3 is 14.0 Å². The van der Waals surface area contributed by atoms with Crippen molar-refractivity contribution in [2.45, 2.75) is 26.2 Å². The highest BCUT2D eigenvalue weighted by Crippen LogP contribution is 2.19. The molecule has 1 atom stereocenters. The highest BCUT2D eigenvalue weighted by Gasteiger charge is 2.16. The molecule has 1 heterocycles. The van der Waals surface area contributed by atoms with Crippen LogP contribution in [0.25, 0.3) is 11.0 Å². The number of rotatable bonds is 9. The Hall–Kier alpha value is -3.71. The second-order valence-corrected chi connectivity index (χ2v) is 7.24. The number of non-ortho nitro benzene ring substituents is 1. The Bertz CT molecular complexity index is 1160. The van der Waals surface area contributed by atoms with Crippen molar-refractivity contribution in [3.63, 3.8) is 0 Å². The van der Waals surface area contributed by atoms with E-state index in [0.29, 0.717) is 19.8 Å². The zero-order valence-corrected chi connectivity index (χ0v) is 17.2. The van der Waals surface area contributed by atoms with Crippen molar-refractivity contribution in [1.29, 1.82) is 0 Å². The average Bonchev–Trinajstić information content (AvgIpc) is 3.11. The lowest BCUT2D eigenvalue weighted by Crippen LogP contribution is -2.27. The number of fused-ring (bicyclic) bond motifs is 1. The average molecular weight is 417 g/mol. The quantitative estimate of drug-likeness (QED) is 0.285. The van der Waals surface area contributed by atoms with Crippen LogP contribution in [0.3, 0.4) is 0 Å². The maximum atomic E-state index is 10.9. The molecular weight excluding hydrogens is 394 g/mol. The van der Waals surface area contributed by atoms with Crippen molar-refractivity contribution >= 4 is 16.7 Å². The predicted molar refractivity (Wildman–Crippen MR) is 118 cm³/mol. The Labute approximate surface area is 180 Å². The smallest absolute Gasteiger partial charge is 0.269 e. The van der Waals surface area contributed by atoms with E-state index in [-0.39, 0.29) is 11.8 Å². The summed E-state index contributed by atoms with van der Waals surface area (Å²) >= 11 is 0. The van der Waals surface area contributed by atoms with Crippen LogP contribution in [0.4, 0.5) is 5.69 Å². The second-order valence-electron chi connectivity index (χ2n) is 7.24. The third-order valence-corrected chi connectivity index (χ3v) is 5.04. The topological polar surface area (TPSA) is 79.4 Å². The number of imidazole rings is 1. The van der Waals surface area contributed by atoms with Crippen LogP contribution in [-0.4, -0.2) is 27.2 Å². The molecule has 0 saturated heterocycles. The molecule has 4 rings (SSSR count). The van der Waals surface area contributed by atoms with Gasteiger partial charge in [-0.05, 0) is 48.9 Å². The number of nitro benzene ring substituents is 1. The van der Waals surface area contributed by atoms with Crippen molar-refractivity contribution in [2.24, 2.45) is 0 Å². The molecule has 0 aliphatic rings. The zero-order chi connectivity index (χ0) is 21.6. The number of para-hydroxylation sites is 3. The van der Waals surface area contributed by atoms with Crippen LogP contribution in [0.5, 0.6) is 5.75 Å². The molecule has 7 heteroatoms. The Balaban J connectivity index is 1.50. The van der Waals surface area contributed by atoms with E-state index in [2.05, 4.69) is 9.55 Å². The third-order valence-electron chi connectivity index (χ3n) is 5.04. The van der Waals surface area contributed by atoms with Gasteiger partial charge in [0, 0.05) is 12.1 Å². The highest BCUT2D eigenvalue weighted by molar-refractivity contribution is 5.75. The Morgan fingerprint density at radius 1 is 1.00 bits per heavy atom. The number of ether oxygens (including phenoxy) is 2. The maximum absolute atomic E-state index is 10.9. The van der Waals surface area contributed by atoms with Gasteiger partial charge in [-0.15, -0.1) is 0 Å². The zero-order valence-electron chi connectivity index (χ0n) is 17.2. The minimum absolute atomic E-state index is 0.0632. The van der Waals surface area contributed by atoms with Crippen molar-refractivity contribution < 1.29 is 14.4 Å². The minimum atomic E-state index is -0.409. The van der Waals surface area contributed by atoms with E-state index in [4.69, 9.17) is 9.47 Å². The molecule has 7 nitrogen and oxygen atoms in total. The second kappa shape index (κ2) is 9.40. The molecule has 3 aromatic carbocycles. The summed E-state index contributed by atoms with van der Waals surface area (Å²) < 4.78 is 14.3. The molecule has 1 aromatic heterocycles. The van der Waals surface area contributed by atoms with Crippen LogP contribution in [0, 0.1) is 17.0 Å². The van der Waals surface area contributed by atoms with Gasteiger partial charge in [-0.2, -0.15) is 0 Å². The Morgan fingerprint density at radius 2 is 1.71 bits per heavy atom. The van der Waals surface area contributed by atoms with Crippen LogP contribution in [0.15, 0.2) is 78.9 Å². The molecule has 158 valence electrons. The van der Waals surface area contributed by atoms with E-state index in [1.165, 1.54) is 12.1 Å². The fraction of sp³-hybridized carbons (Fsp3) is 0.208. The number of aryl methyl sites for hydroxylation is 1. The number of nitrogens with zero attached hydrogens (tertiary/aromatic N) is 3.